The van der Waals surface area contributed by atoms with Gasteiger partial charge in [0.15, 0.2) is 0 Å². The smallest absolute Gasteiger partial charge is 0.336 e. The summed E-state index contributed by atoms with van der Waals surface area (Å²) in [6, 6.07) is 9.22. The van der Waals surface area contributed by atoms with Crippen molar-refractivity contribution in [3.05, 3.63) is 63.7 Å². The molecule has 5 nitrogen and oxygen atoms in total. The van der Waals surface area contributed by atoms with E-state index < -0.39 is 11.9 Å². The van der Waals surface area contributed by atoms with E-state index in [2.05, 4.69) is 0 Å². The van der Waals surface area contributed by atoms with Gasteiger partial charge < -0.3 is 14.9 Å². The fraction of sp³-hybridized carbons (Fsp3) is 0.125. The van der Waals surface area contributed by atoms with Gasteiger partial charge >= 0.3 is 11.9 Å². The van der Waals surface area contributed by atoms with Gasteiger partial charge in [-0.25, -0.2) is 9.59 Å². The summed E-state index contributed by atoms with van der Waals surface area (Å²) < 4.78 is 5.06. The third-order valence-corrected chi connectivity index (χ3v) is 3.49. The van der Waals surface area contributed by atoms with Gasteiger partial charge in [-0.2, -0.15) is 0 Å². The number of carboxylic acids is 2. The molecule has 0 aliphatic heterocycles. The van der Waals surface area contributed by atoms with Gasteiger partial charge in [-0.3, -0.25) is 0 Å². The Labute approximate surface area is 131 Å². The molecule has 0 bridgehead atoms. The van der Waals surface area contributed by atoms with Crippen LogP contribution in [-0.2, 0) is 6.42 Å². The van der Waals surface area contributed by atoms with Crippen LogP contribution < -0.4 is 4.74 Å². The number of ether oxygens (including phenoxy) is 1. The maximum Gasteiger partial charge on any atom is 0.336 e. The number of aromatic carboxylic acids is 2. The van der Waals surface area contributed by atoms with Crippen LogP contribution in [0.1, 0.15) is 31.8 Å². The lowest BCUT2D eigenvalue weighted by Gasteiger charge is -2.09. The predicted octanol–water partition coefficient (Wildman–Crippen LogP) is 3.34. The van der Waals surface area contributed by atoms with Gasteiger partial charge in [0.2, 0.25) is 0 Å². The van der Waals surface area contributed by atoms with Crippen LogP contribution in [0.15, 0.2) is 36.4 Å². The minimum absolute atomic E-state index is 0.0353. The number of methoxy groups -OCH3 is 1. The second-order valence-corrected chi connectivity index (χ2v) is 5.04. The highest BCUT2D eigenvalue weighted by atomic mass is 35.5. The first-order chi connectivity index (χ1) is 10.4. The monoisotopic (exact) mass is 320 g/mol. The van der Waals surface area contributed by atoms with Crippen LogP contribution in [0.25, 0.3) is 0 Å². The Morgan fingerprint density at radius 3 is 2.36 bits per heavy atom. The molecule has 0 saturated carbocycles. The van der Waals surface area contributed by atoms with Crippen molar-refractivity contribution in [3.8, 4) is 5.75 Å². The zero-order chi connectivity index (χ0) is 16.3. The van der Waals surface area contributed by atoms with Crippen molar-refractivity contribution in [1.82, 2.24) is 0 Å². The first-order valence-electron chi connectivity index (χ1n) is 6.34. The van der Waals surface area contributed by atoms with Crippen LogP contribution in [0.2, 0.25) is 5.02 Å². The van der Waals surface area contributed by atoms with Crippen LogP contribution >= 0.6 is 11.6 Å². The minimum Gasteiger partial charge on any atom is -0.495 e. The maximum absolute atomic E-state index is 11.3. The van der Waals surface area contributed by atoms with Gasteiger partial charge in [-0.15, -0.1) is 0 Å². The Kier molecular flexibility index (Phi) is 4.68. The first-order valence-corrected chi connectivity index (χ1v) is 6.72. The topological polar surface area (TPSA) is 83.8 Å². The highest BCUT2D eigenvalue weighted by Gasteiger charge is 2.14. The zero-order valence-electron chi connectivity index (χ0n) is 11.7. The molecule has 0 heterocycles. The van der Waals surface area contributed by atoms with E-state index in [1.165, 1.54) is 19.2 Å². The number of carboxylic acid groups (broad SMARTS) is 2. The SMILES string of the molecule is COc1ccc(Cc2ccc(C(=O)O)cc2C(=O)O)cc1Cl. The van der Waals surface area contributed by atoms with Crippen LogP contribution in [0, 0.1) is 0 Å². The lowest BCUT2D eigenvalue weighted by Crippen LogP contribution is -2.07. The molecule has 0 saturated heterocycles. The molecule has 0 aliphatic carbocycles. The molecule has 114 valence electrons. The number of hydrogen-bond acceptors (Lipinski definition) is 3. The van der Waals surface area contributed by atoms with Gasteiger partial charge in [0, 0.05) is 0 Å². The summed E-state index contributed by atoms with van der Waals surface area (Å²) in [5, 5.41) is 18.6. The van der Waals surface area contributed by atoms with E-state index in [1.807, 2.05) is 0 Å². The van der Waals surface area contributed by atoms with Crippen LogP contribution in [-0.4, -0.2) is 29.3 Å². The normalized spacial score (nSPS) is 10.3. The van der Waals surface area contributed by atoms with Crippen molar-refractivity contribution in [2.75, 3.05) is 7.11 Å². The molecule has 0 atom stereocenters. The Balaban J connectivity index is 2.38. The number of rotatable bonds is 5. The van der Waals surface area contributed by atoms with Crippen LogP contribution in [0.4, 0.5) is 0 Å². The average Bonchev–Trinajstić information content (AvgIpc) is 2.47. The highest BCUT2D eigenvalue weighted by Crippen LogP contribution is 2.26. The molecule has 0 fully saturated rings. The van der Waals surface area contributed by atoms with Crippen LogP contribution in [0.5, 0.6) is 5.75 Å². The van der Waals surface area contributed by atoms with Crippen LogP contribution in [0.3, 0.4) is 0 Å². The molecular weight excluding hydrogens is 308 g/mol. The van der Waals surface area contributed by atoms with Gasteiger partial charge in [0.1, 0.15) is 5.75 Å². The number of hydrogen-bond donors (Lipinski definition) is 2. The third-order valence-electron chi connectivity index (χ3n) is 3.20. The van der Waals surface area contributed by atoms with E-state index in [1.54, 1.807) is 18.2 Å². The number of carbonyl (C=O) groups is 2. The predicted molar refractivity (Wildman–Crippen MR) is 81.2 cm³/mol. The maximum atomic E-state index is 11.3. The first kappa shape index (κ1) is 15.9. The van der Waals surface area contributed by atoms with E-state index >= 15 is 0 Å². The summed E-state index contributed by atoms with van der Waals surface area (Å²) in [7, 11) is 1.51. The summed E-state index contributed by atoms with van der Waals surface area (Å²) in [5.74, 6) is -1.80. The van der Waals surface area contributed by atoms with Crippen molar-refractivity contribution in [2.24, 2.45) is 0 Å². The summed E-state index contributed by atoms with van der Waals surface area (Å²) in [5.41, 5.74) is 1.22. The minimum atomic E-state index is -1.17. The molecule has 6 heteroatoms. The lowest BCUT2D eigenvalue weighted by molar-refractivity contribution is 0.0695. The van der Waals surface area contributed by atoms with E-state index in [-0.39, 0.29) is 11.1 Å². The summed E-state index contributed by atoms with van der Waals surface area (Å²) in [6.45, 7) is 0. The Bertz CT molecular complexity index is 739. The number of benzene rings is 2. The van der Waals surface area contributed by atoms with Crippen molar-refractivity contribution >= 4 is 23.5 Å². The summed E-state index contributed by atoms with van der Waals surface area (Å²) in [6.07, 6.45) is 0.325. The average molecular weight is 321 g/mol. The fourth-order valence-corrected chi connectivity index (χ4v) is 2.38. The molecule has 0 aromatic heterocycles. The summed E-state index contributed by atoms with van der Waals surface area (Å²) in [4.78, 5) is 22.3. The van der Waals surface area contributed by atoms with Gasteiger partial charge in [-0.1, -0.05) is 23.7 Å². The highest BCUT2D eigenvalue weighted by molar-refractivity contribution is 6.32. The van der Waals surface area contributed by atoms with Gasteiger partial charge in [0.25, 0.3) is 0 Å². The number of halogens is 1. The molecule has 2 N–H and O–H groups in total. The van der Waals surface area contributed by atoms with Gasteiger partial charge in [0.05, 0.1) is 23.3 Å². The molecule has 2 aromatic rings. The Hall–Kier alpha value is -2.53. The zero-order valence-corrected chi connectivity index (χ0v) is 12.4. The Morgan fingerprint density at radius 1 is 1.09 bits per heavy atom. The summed E-state index contributed by atoms with van der Waals surface area (Å²) >= 11 is 6.05. The largest absolute Gasteiger partial charge is 0.495 e. The van der Waals surface area contributed by atoms with E-state index in [0.717, 1.165) is 11.6 Å². The standard InChI is InChI=1S/C16H13ClO5/c1-22-14-5-2-9(7-13(14)17)6-10-3-4-11(15(18)19)8-12(10)16(20)21/h2-5,7-8H,6H2,1H3,(H,18,19)(H,20,21). The third kappa shape index (κ3) is 3.38. The second kappa shape index (κ2) is 6.49. The van der Waals surface area contributed by atoms with E-state index in [9.17, 15) is 14.7 Å². The molecule has 0 spiro atoms. The second-order valence-electron chi connectivity index (χ2n) is 4.63. The molecule has 0 radical (unpaired) electrons. The molecule has 2 rings (SSSR count). The van der Waals surface area contributed by atoms with Crippen molar-refractivity contribution in [3.63, 3.8) is 0 Å². The van der Waals surface area contributed by atoms with Crippen molar-refractivity contribution in [2.45, 2.75) is 6.42 Å². The molecular formula is C16H13ClO5. The van der Waals surface area contributed by atoms with Crippen molar-refractivity contribution in [1.29, 1.82) is 0 Å². The van der Waals surface area contributed by atoms with Crippen molar-refractivity contribution < 1.29 is 24.5 Å². The molecule has 0 amide bonds. The molecule has 0 aliphatic rings. The molecule has 22 heavy (non-hydrogen) atoms. The molecule has 0 unspecified atom stereocenters. The Morgan fingerprint density at radius 2 is 1.82 bits per heavy atom. The fourth-order valence-electron chi connectivity index (χ4n) is 2.10. The quantitative estimate of drug-likeness (QED) is 0.882. The van der Waals surface area contributed by atoms with E-state index in [0.29, 0.717) is 22.8 Å². The van der Waals surface area contributed by atoms with E-state index in [4.69, 9.17) is 21.4 Å². The molecule has 2 aromatic carbocycles. The van der Waals surface area contributed by atoms with Gasteiger partial charge in [-0.05, 0) is 41.8 Å². The lowest BCUT2D eigenvalue weighted by atomic mass is 9.97.